The summed E-state index contributed by atoms with van der Waals surface area (Å²) in [7, 11) is -7.96. The first-order chi connectivity index (χ1) is 23.2. The molecule has 2 aliphatic rings. The highest BCUT2D eigenvalue weighted by Crippen LogP contribution is 2.56. The standard InChI is InChI=1S/C38H18N4O4S2/c39-19-23(20-40)35-33-17-27(47(43,44)25-7-3-1-4-8-25)11-13-29(33)31-15-16-32-30-14-12-28(48(45,46)26-9-5-2-6-10-26)18-34(30)36(24(21-41)22-42)38(32)37(31)35/h1-18H. The zero-order valence-electron chi connectivity index (χ0n) is 24.6. The number of fused-ring (bicyclic) bond motifs is 7. The average Bonchev–Trinajstić information content (AvgIpc) is 3.62. The maximum Gasteiger partial charge on any atom is 0.206 e. The Hall–Kier alpha value is -6.56. The first-order valence-corrected chi connectivity index (χ1v) is 17.3. The second kappa shape index (κ2) is 11.1. The van der Waals surface area contributed by atoms with Crippen LogP contribution in [0.15, 0.2) is 140 Å². The van der Waals surface area contributed by atoms with Gasteiger partial charge in [0.1, 0.15) is 35.4 Å². The molecule has 0 aromatic heterocycles. The molecule has 0 saturated carbocycles. The molecule has 7 rings (SSSR count). The topological polar surface area (TPSA) is 163 Å². The first-order valence-electron chi connectivity index (χ1n) is 14.3. The summed E-state index contributed by atoms with van der Waals surface area (Å²) in [5.74, 6) is 0. The quantitative estimate of drug-likeness (QED) is 0.182. The number of nitrogens with zero attached hydrogens (tertiary/aromatic N) is 4. The summed E-state index contributed by atoms with van der Waals surface area (Å²) >= 11 is 0. The lowest BCUT2D eigenvalue weighted by Gasteiger charge is -2.12. The number of nitriles is 4. The van der Waals surface area contributed by atoms with Crippen LogP contribution >= 0.6 is 0 Å². The van der Waals surface area contributed by atoms with E-state index in [9.17, 15) is 37.9 Å². The maximum absolute atomic E-state index is 13.6. The van der Waals surface area contributed by atoms with Crippen LogP contribution < -0.4 is 0 Å². The molecule has 0 amide bonds. The van der Waals surface area contributed by atoms with E-state index in [1.165, 1.54) is 48.5 Å². The van der Waals surface area contributed by atoms with Crippen molar-refractivity contribution >= 4 is 30.8 Å². The van der Waals surface area contributed by atoms with Gasteiger partial charge in [-0.15, -0.1) is 0 Å². The van der Waals surface area contributed by atoms with Gasteiger partial charge in [-0.2, -0.15) is 21.0 Å². The van der Waals surface area contributed by atoms with Gasteiger partial charge in [-0.05, 0) is 81.9 Å². The second-order valence-corrected chi connectivity index (χ2v) is 14.8. The zero-order chi connectivity index (χ0) is 33.8. The van der Waals surface area contributed by atoms with Crippen LogP contribution in [0.5, 0.6) is 0 Å². The predicted molar refractivity (Wildman–Crippen MR) is 176 cm³/mol. The van der Waals surface area contributed by atoms with E-state index in [-0.39, 0.29) is 41.9 Å². The first kappa shape index (κ1) is 30.1. The molecule has 0 N–H and O–H groups in total. The molecule has 0 unspecified atom stereocenters. The number of hydrogen-bond acceptors (Lipinski definition) is 8. The molecule has 0 heterocycles. The van der Waals surface area contributed by atoms with Crippen molar-refractivity contribution in [2.75, 3.05) is 0 Å². The van der Waals surface area contributed by atoms with E-state index in [4.69, 9.17) is 0 Å². The fourth-order valence-electron chi connectivity index (χ4n) is 6.37. The molecule has 0 atom stereocenters. The van der Waals surface area contributed by atoms with Gasteiger partial charge in [0.2, 0.25) is 19.7 Å². The monoisotopic (exact) mass is 658 g/mol. The van der Waals surface area contributed by atoms with Crippen molar-refractivity contribution in [3.63, 3.8) is 0 Å². The molecule has 0 radical (unpaired) electrons. The van der Waals surface area contributed by atoms with E-state index in [2.05, 4.69) is 0 Å². The van der Waals surface area contributed by atoms with Gasteiger partial charge in [0, 0.05) is 22.3 Å². The van der Waals surface area contributed by atoms with Crippen molar-refractivity contribution in [3.05, 3.63) is 143 Å². The Balaban J connectivity index is 1.51. The largest absolute Gasteiger partial charge is 0.219 e. The number of hydrogen-bond donors (Lipinski definition) is 0. The van der Waals surface area contributed by atoms with E-state index in [0.717, 1.165) is 0 Å². The van der Waals surface area contributed by atoms with Gasteiger partial charge in [0.25, 0.3) is 0 Å². The number of allylic oxidation sites excluding steroid dienone is 2. The number of rotatable bonds is 4. The molecule has 10 heteroatoms. The third-order valence-corrected chi connectivity index (χ3v) is 12.0. The maximum atomic E-state index is 13.6. The minimum Gasteiger partial charge on any atom is -0.219 e. The Morgan fingerprint density at radius 2 is 0.729 bits per heavy atom. The Morgan fingerprint density at radius 1 is 0.396 bits per heavy atom. The molecule has 2 aliphatic carbocycles. The van der Waals surface area contributed by atoms with Gasteiger partial charge in [0.15, 0.2) is 0 Å². The van der Waals surface area contributed by atoms with Crippen LogP contribution in [0.2, 0.25) is 0 Å². The summed E-state index contributed by atoms with van der Waals surface area (Å²) in [5.41, 5.74) is 3.34. The Bertz CT molecular complexity index is 2500. The van der Waals surface area contributed by atoms with Crippen LogP contribution in [0.25, 0.3) is 33.4 Å². The van der Waals surface area contributed by atoms with Gasteiger partial charge < -0.3 is 0 Å². The molecule has 48 heavy (non-hydrogen) atoms. The highest BCUT2D eigenvalue weighted by Gasteiger charge is 2.38. The lowest BCUT2D eigenvalue weighted by atomic mass is 9.88. The molecule has 5 aromatic carbocycles. The highest BCUT2D eigenvalue weighted by molar-refractivity contribution is 7.91. The fraction of sp³-hybridized carbons (Fsp3) is 0. The molecule has 226 valence electrons. The number of benzene rings is 5. The average molecular weight is 659 g/mol. The van der Waals surface area contributed by atoms with Crippen LogP contribution in [0.1, 0.15) is 22.3 Å². The summed E-state index contributed by atoms with van der Waals surface area (Å²) in [6, 6.07) is 36.1. The SMILES string of the molecule is N#CC(C#N)=C1c2cc(S(=O)(=O)c3ccccc3)ccc2-c2ccc3c(c21)C(=C(C#N)C#N)c1cc(S(=O)(=O)c2ccccc2)ccc1-3. The van der Waals surface area contributed by atoms with Crippen LogP contribution in [0, 0.1) is 45.3 Å². The van der Waals surface area contributed by atoms with Crippen molar-refractivity contribution in [3.8, 4) is 46.5 Å². The minimum atomic E-state index is -3.98. The van der Waals surface area contributed by atoms with E-state index >= 15 is 0 Å². The molecule has 8 nitrogen and oxygen atoms in total. The summed E-state index contributed by atoms with van der Waals surface area (Å²) in [5, 5.41) is 40.5. The van der Waals surface area contributed by atoms with Crippen LogP contribution in [-0.4, -0.2) is 16.8 Å². The van der Waals surface area contributed by atoms with Crippen molar-refractivity contribution in [1.29, 1.82) is 21.0 Å². The van der Waals surface area contributed by atoms with Gasteiger partial charge in [-0.3, -0.25) is 0 Å². The summed E-state index contributed by atoms with van der Waals surface area (Å²) < 4.78 is 54.5. The van der Waals surface area contributed by atoms with Crippen LogP contribution in [0.4, 0.5) is 0 Å². The molecule has 0 bridgehead atoms. The second-order valence-electron chi connectivity index (χ2n) is 10.9. The molecule has 0 spiro atoms. The van der Waals surface area contributed by atoms with Crippen molar-refractivity contribution in [2.45, 2.75) is 19.6 Å². The molecule has 0 fully saturated rings. The van der Waals surface area contributed by atoms with Crippen molar-refractivity contribution in [2.24, 2.45) is 0 Å². The number of sulfone groups is 2. The molecule has 0 saturated heterocycles. The highest BCUT2D eigenvalue weighted by atomic mass is 32.2. The molecule has 5 aromatic rings. The molecular weight excluding hydrogens is 641 g/mol. The van der Waals surface area contributed by atoms with Gasteiger partial charge >= 0.3 is 0 Å². The lowest BCUT2D eigenvalue weighted by molar-refractivity contribution is 0.594. The zero-order valence-corrected chi connectivity index (χ0v) is 26.3. The normalized spacial score (nSPS) is 12.3. The van der Waals surface area contributed by atoms with Crippen molar-refractivity contribution in [1.82, 2.24) is 0 Å². The Morgan fingerprint density at radius 3 is 1.06 bits per heavy atom. The Labute approximate surface area is 276 Å². The summed E-state index contributed by atoms with van der Waals surface area (Å²) in [6.07, 6.45) is 0. The van der Waals surface area contributed by atoms with E-state index in [0.29, 0.717) is 44.5 Å². The summed E-state index contributed by atoms with van der Waals surface area (Å²) in [6.45, 7) is 0. The minimum absolute atomic E-state index is 0.0471. The van der Waals surface area contributed by atoms with Gasteiger partial charge in [-0.25, -0.2) is 16.8 Å². The Kier molecular flexibility index (Phi) is 6.93. The smallest absolute Gasteiger partial charge is 0.206 e. The van der Waals surface area contributed by atoms with Crippen molar-refractivity contribution < 1.29 is 16.8 Å². The van der Waals surface area contributed by atoms with Gasteiger partial charge in [-0.1, -0.05) is 60.7 Å². The van der Waals surface area contributed by atoms with E-state index in [1.54, 1.807) is 60.7 Å². The molecule has 0 aliphatic heterocycles. The third kappa shape index (κ3) is 4.30. The molecular formula is C38H18N4O4S2. The third-order valence-electron chi connectivity index (χ3n) is 8.48. The van der Waals surface area contributed by atoms with Gasteiger partial charge in [0.05, 0.1) is 19.6 Å². The van der Waals surface area contributed by atoms with E-state index < -0.39 is 19.7 Å². The van der Waals surface area contributed by atoms with E-state index in [1.807, 2.05) is 24.3 Å². The lowest BCUT2D eigenvalue weighted by Crippen LogP contribution is -2.03. The summed E-state index contributed by atoms with van der Waals surface area (Å²) in [4.78, 5) is 0.0490. The van der Waals surface area contributed by atoms with Crippen LogP contribution in [0.3, 0.4) is 0 Å². The fourth-order valence-corrected chi connectivity index (χ4v) is 8.98. The van der Waals surface area contributed by atoms with Crippen LogP contribution in [-0.2, 0) is 19.7 Å². The predicted octanol–water partition coefficient (Wildman–Crippen LogP) is 7.01.